The molecule has 0 aliphatic heterocycles. The maximum absolute atomic E-state index is 12.2. The monoisotopic (exact) mass is 249 g/mol. The average molecular weight is 249 g/mol. The summed E-state index contributed by atoms with van der Waals surface area (Å²) in [6.45, 7) is 13.6. The van der Waals surface area contributed by atoms with Crippen LogP contribution in [0.5, 0.6) is 0 Å². The van der Waals surface area contributed by atoms with Crippen LogP contribution in [-0.4, -0.2) is 26.3 Å². The molecule has 0 amide bonds. The number of hydrogen-bond acceptors (Lipinski definition) is 4. The van der Waals surface area contributed by atoms with Gasteiger partial charge in [-0.2, -0.15) is 0 Å². The quantitative estimate of drug-likeness (QED) is 0.638. The molecule has 5 heteroatoms. The Labute approximate surface area is 98.9 Å². The van der Waals surface area contributed by atoms with E-state index in [0.29, 0.717) is 31.0 Å². The van der Waals surface area contributed by atoms with E-state index in [1.165, 1.54) is 0 Å². The van der Waals surface area contributed by atoms with Crippen LogP contribution in [0.3, 0.4) is 0 Å². The van der Waals surface area contributed by atoms with E-state index >= 15 is 0 Å². The molecule has 0 saturated carbocycles. The first-order valence-electron chi connectivity index (χ1n) is 5.74. The van der Waals surface area contributed by atoms with Gasteiger partial charge in [0.1, 0.15) is 0 Å². The molecule has 0 aliphatic carbocycles. The second-order valence-electron chi connectivity index (χ2n) is 3.92. The fourth-order valence-electron chi connectivity index (χ4n) is 1.16. The van der Waals surface area contributed by atoms with Gasteiger partial charge in [-0.15, -0.1) is 0 Å². The molecule has 0 rings (SSSR count). The van der Waals surface area contributed by atoms with Gasteiger partial charge in [0.2, 0.25) is 0 Å². The molecule has 96 valence electrons. The highest BCUT2D eigenvalue weighted by Crippen LogP contribution is 2.54. The molecule has 1 N–H and O–H groups in total. The minimum atomic E-state index is -3.13. The third-order valence-corrected chi connectivity index (χ3v) is 4.00. The van der Waals surface area contributed by atoms with Gasteiger partial charge in [-0.25, -0.2) is 0 Å². The topological polar surface area (TPSA) is 47.6 Å². The molecule has 4 nitrogen and oxygen atoms in total. The van der Waals surface area contributed by atoms with Crippen LogP contribution in [0.15, 0.2) is 11.9 Å². The van der Waals surface area contributed by atoms with Gasteiger partial charge in [0, 0.05) is 11.9 Å². The zero-order valence-electron chi connectivity index (χ0n) is 10.8. The molecule has 0 radical (unpaired) electrons. The summed E-state index contributed by atoms with van der Waals surface area (Å²) in [5.74, 6) is 0.548. The van der Waals surface area contributed by atoms with Gasteiger partial charge >= 0.3 is 7.60 Å². The average Bonchev–Trinajstić information content (AvgIpc) is 2.17. The zero-order valence-corrected chi connectivity index (χ0v) is 11.7. The van der Waals surface area contributed by atoms with Crippen molar-refractivity contribution >= 4 is 7.60 Å². The number of rotatable bonds is 9. The Kier molecular flexibility index (Phi) is 7.94. The van der Waals surface area contributed by atoms with Crippen LogP contribution >= 0.6 is 7.60 Å². The van der Waals surface area contributed by atoms with Crippen molar-refractivity contribution in [2.75, 3.05) is 26.3 Å². The van der Waals surface area contributed by atoms with E-state index in [4.69, 9.17) is 9.05 Å². The molecule has 0 bridgehead atoms. The number of nitrogens with one attached hydrogen (secondary N) is 1. The molecule has 0 heterocycles. The first kappa shape index (κ1) is 15.9. The minimum absolute atomic E-state index is 0.362. The summed E-state index contributed by atoms with van der Waals surface area (Å²) in [4.78, 5) is 0. The van der Waals surface area contributed by atoms with E-state index in [2.05, 4.69) is 25.7 Å². The third kappa shape index (κ3) is 5.80. The molecule has 0 fully saturated rings. The summed E-state index contributed by atoms with van der Waals surface area (Å²) in [5.41, 5.74) is 0. The Bertz CT molecular complexity index is 244. The maximum Gasteiger partial charge on any atom is 0.358 e. The first-order valence-corrected chi connectivity index (χ1v) is 7.28. The standard InChI is InChI=1S/C11H24NO3P/c1-6-14-16(13,15-7-2)11(5)9-12-8-10(3)4/h10,12H,5-9H2,1-4H3. The van der Waals surface area contributed by atoms with Crippen LogP contribution in [0.2, 0.25) is 0 Å². The molecule has 0 aromatic heterocycles. The predicted molar refractivity (Wildman–Crippen MR) is 67.7 cm³/mol. The van der Waals surface area contributed by atoms with Crippen molar-refractivity contribution < 1.29 is 13.6 Å². The van der Waals surface area contributed by atoms with Gasteiger partial charge in [0.25, 0.3) is 0 Å². The first-order chi connectivity index (χ1) is 7.46. The van der Waals surface area contributed by atoms with Gasteiger partial charge in [-0.05, 0) is 26.3 Å². The summed E-state index contributed by atoms with van der Waals surface area (Å²) in [7, 11) is -3.13. The van der Waals surface area contributed by atoms with E-state index in [0.717, 1.165) is 6.54 Å². The lowest BCUT2D eigenvalue weighted by atomic mass is 10.2. The zero-order chi connectivity index (χ0) is 12.6. The van der Waals surface area contributed by atoms with Crippen LogP contribution in [0.25, 0.3) is 0 Å². The lowest BCUT2D eigenvalue weighted by Crippen LogP contribution is -2.22. The molecule has 0 atom stereocenters. The van der Waals surface area contributed by atoms with E-state index in [-0.39, 0.29) is 0 Å². The van der Waals surface area contributed by atoms with Gasteiger partial charge in [0.05, 0.1) is 13.2 Å². The van der Waals surface area contributed by atoms with Gasteiger partial charge in [-0.1, -0.05) is 20.4 Å². The van der Waals surface area contributed by atoms with Crippen molar-refractivity contribution in [2.24, 2.45) is 5.92 Å². The summed E-state index contributed by atoms with van der Waals surface area (Å²) >= 11 is 0. The van der Waals surface area contributed by atoms with Gasteiger partial charge in [-0.3, -0.25) is 4.57 Å². The van der Waals surface area contributed by atoms with Crippen LogP contribution in [0.4, 0.5) is 0 Å². The molecule has 0 aliphatic rings. The Morgan fingerprint density at radius 2 is 1.81 bits per heavy atom. The molecular formula is C11H24NO3P. The highest BCUT2D eigenvalue weighted by atomic mass is 31.2. The Balaban J connectivity index is 4.23. The molecule has 0 spiro atoms. The smallest absolute Gasteiger partial charge is 0.312 e. The summed E-state index contributed by atoms with van der Waals surface area (Å²) in [6.07, 6.45) is 0. The Hall–Kier alpha value is -0.150. The summed E-state index contributed by atoms with van der Waals surface area (Å²) < 4.78 is 22.6. The molecule has 0 saturated heterocycles. The second-order valence-corrected chi connectivity index (χ2v) is 6.07. The normalized spacial score (nSPS) is 12.1. The Morgan fingerprint density at radius 1 is 1.31 bits per heavy atom. The summed E-state index contributed by atoms with van der Waals surface area (Å²) in [6, 6.07) is 0. The highest BCUT2D eigenvalue weighted by molar-refractivity contribution is 7.58. The van der Waals surface area contributed by atoms with Crippen LogP contribution in [0.1, 0.15) is 27.7 Å². The van der Waals surface area contributed by atoms with Crippen molar-refractivity contribution in [2.45, 2.75) is 27.7 Å². The molecule has 0 unspecified atom stereocenters. The van der Waals surface area contributed by atoms with E-state index in [9.17, 15) is 4.57 Å². The second kappa shape index (κ2) is 8.02. The highest BCUT2D eigenvalue weighted by Gasteiger charge is 2.27. The van der Waals surface area contributed by atoms with E-state index in [1.54, 1.807) is 13.8 Å². The lowest BCUT2D eigenvalue weighted by molar-refractivity contribution is 0.225. The molecule has 16 heavy (non-hydrogen) atoms. The summed E-state index contributed by atoms with van der Waals surface area (Å²) in [5, 5.41) is 3.67. The van der Waals surface area contributed by atoms with Crippen molar-refractivity contribution in [1.29, 1.82) is 0 Å². The lowest BCUT2D eigenvalue weighted by Gasteiger charge is -2.19. The minimum Gasteiger partial charge on any atom is -0.312 e. The van der Waals surface area contributed by atoms with E-state index in [1.807, 2.05) is 0 Å². The predicted octanol–water partition coefficient (Wildman–Crippen LogP) is 3.01. The van der Waals surface area contributed by atoms with Crippen LogP contribution in [-0.2, 0) is 13.6 Å². The van der Waals surface area contributed by atoms with Crippen LogP contribution in [0, 0.1) is 5.92 Å². The fourth-order valence-corrected chi connectivity index (χ4v) is 2.59. The SMILES string of the molecule is C=C(CNCC(C)C)P(=O)(OCC)OCC. The number of hydrogen-bond donors (Lipinski definition) is 1. The largest absolute Gasteiger partial charge is 0.358 e. The molecule has 0 aromatic carbocycles. The maximum atomic E-state index is 12.2. The fraction of sp³-hybridized carbons (Fsp3) is 0.818. The van der Waals surface area contributed by atoms with Gasteiger partial charge in [0.15, 0.2) is 0 Å². The van der Waals surface area contributed by atoms with Crippen molar-refractivity contribution in [3.63, 3.8) is 0 Å². The van der Waals surface area contributed by atoms with Crippen molar-refractivity contribution in [1.82, 2.24) is 5.32 Å². The van der Waals surface area contributed by atoms with Crippen LogP contribution < -0.4 is 5.32 Å². The van der Waals surface area contributed by atoms with Crippen molar-refractivity contribution in [3.8, 4) is 0 Å². The van der Waals surface area contributed by atoms with E-state index < -0.39 is 7.60 Å². The molecule has 0 aromatic rings. The molecular weight excluding hydrogens is 225 g/mol. The Morgan fingerprint density at radius 3 is 2.19 bits per heavy atom. The van der Waals surface area contributed by atoms with Crippen molar-refractivity contribution in [3.05, 3.63) is 11.9 Å². The van der Waals surface area contributed by atoms with Gasteiger partial charge < -0.3 is 14.4 Å². The third-order valence-electron chi connectivity index (χ3n) is 1.87.